The minimum absolute atomic E-state index is 0.288. The summed E-state index contributed by atoms with van der Waals surface area (Å²) in [5.41, 5.74) is 8.91. The second kappa shape index (κ2) is 8.85. The fourth-order valence-corrected chi connectivity index (χ4v) is 2.55. The number of hydrogen-bond acceptors (Lipinski definition) is 2. The Morgan fingerprint density at radius 2 is 1.80 bits per heavy atom. The van der Waals surface area contributed by atoms with Gasteiger partial charge in [0.2, 0.25) is 0 Å². The largest absolute Gasteiger partial charge is 0.331 e. The summed E-state index contributed by atoms with van der Waals surface area (Å²) >= 11 is 17.2. The molecule has 0 saturated carbocycles. The van der Waals surface area contributed by atoms with E-state index in [1.54, 1.807) is 24.3 Å². The van der Waals surface area contributed by atoms with E-state index in [1.807, 2.05) is 32.0 Å². The van der Waals surface area contributed by atoms with Gasteiger partial charge in [0.25, 0.3) is 5.91 Å². The molecule has 2 rings (SSSR count). The van der Waals surface area contributed by atoms with Gasteiger partial charge in [-0.05, 0) is 61.0 Å². The lowest BCUT2D eigenvalue weighted by Gasteiger charge is -2.13. The first-order valence-corrected chi connectivity index (χ1v) is 8.60. The van der Waals surface area contributed by atoms with Crippen molar-refractivity contribution in [1.82, 2.24) is 10.9 Å². The van der Waals surface area contributed by atoms with Crippen LogP contribution in [0.5, 0.6) is 0 Å². The maximum absolute atomic E-state index is 11.9. The lowest BCUT2D eigenvalue weighted by molar-refractivity contribution is -0.116. The highest BCUT2D eigenvalue weighted by Gasteiger charge is 2.04. The van der Waals surface area contributed by atoms with Crippen molar-refractivity contribution in [2.75, 3.05) is 5.32 Å². The first-order chi connectivity index (χ1) is 11.9. The summed E-state index contributed by atoms with van der Waals surface area (Å²) < 4.78 is 0. The Morgan fingerprint density at radius 3 is 2.56 bits per heavy atom. The Kier molecular flexibility index (Phi) is 6.82. The number of carbonyl (C=O) groups is 1. The Balaban J connectivity index is 1.89. The van der Waals surface area contributed by atoms with E-state index in [1.165, 1.54) is 6.08 Å². The number of nitrogens with one attached hydrogen (secondary N) is 3. The molecule has 0 aliphatic carbocycles. The van der Waals surface area contributed by atoms with Gasteiger partial charge in [-0.2, -0.15) is 0 Å². The molecule has 0 atom stereocenters. The zero-order valence-electron chi connectivity index (χ0n) is 13.7. The van der Waals surface area contributed by atoms with Gasteiger partial charge in [0.05, 0.1) is 10.0 Å². The Bertz CT molecular complexity index is 837. The second-order valence-electron chi connectivity index (χ2n) is 5.29. The lowest BCUT2D eigenvalue weighted by Crippen LogP contribution is -2.43. The summed E-state index contributed by atoms with van der Waals surface area (Å²) in [5.74, 6) is -0.374. The molecule has 7 heteroatoms. The van der Waals surface area contributed by atoms with Gasteiger partial charge in [-0.3, -0.25) is 15.6 Å². The Hall–Kier alpha value is -2.08. The van der Waals surface area contributed by atoms with Crippen LogP contribution in [0.3, 0.4) is 0 Å². The number of halogens is 2. The minimum atomic E-state index is -0.374. The molecule has 0 radical (unpaired) electrons. The minimum Gasteiger partial charge on any atom is -0.331 e. The van der Waals surface area contributed by atoms with Crippen molar-refractivity contribution in [3.63, 3.8) is 0 Å². The van der Waals surface area contributed by atoms with Crippen LogP contribution in [0.25, 0.3) is 6.08 Å². The first kappa shape index (κ1) is 19.2. The molecule has 0 aliphatic heterocycles. The number of aryl methyl sites for hydroxylation is 1. The van der Waals surface area contributed by atoms with Gasteiger partial charge >= 0.3 is 0 Å². The van der Waals surface area contributed by atoms with E-state index in [-0.39, 0.29) is 11.0 Å². The van der Waals surface area contributed by atoms with Gasteiger partial charge in [0.15, 0.2) is 5.11 Å². The van der Waals surface area contributed by atoms with E-state index in [0.29, 0.717) is 15.6 Å². The molecule has 25 heavy (non-hydrogen) atoms. The quantitative estimate of drug-likeness (QED) is 0.403. The maximum atomic E-state index is 11.9. The number of amides is 1. The van der Waals surface area contributed by atoms with Gasteiger partial charge in [0, 0.05) is 11.8 Å². The third-order valence-electron chi connectivity index (χ3n) is 3.55. The van der Waals surface area contributed by atoms with Crippen molar-refractivity contribution in [2.24, 2.45) is 0 Å². The molecule has 0 fully saturated rings. The Labute approximate surface area is 162 Å². The van der Waals surface area contributed by atoms with Gasteiger partial charge in [-0.15, -0.1) is 0 Å². The lowest BCUT2D eigenvalue weighted by atomic mass is 10.1. The normalized spacial score (nSPS) is 10.6. The average Bonchev–Trinajstić information content (AvgIpc) is 2.58. The molecule has 2 aromatic carbocycles. The van der Waals surface area contributed by atoms with Crippen LogP contribution in [0.15, 0.2) is 42.5 Å². The fraction of sp³-hybridized carbons (Fsp3) is 0.111. The van der Waals surface area contributed by atoms with Crippen molar-refractivity contribution in [1.29, 1.82) is 0 Å². The number of thiocarbonyl (C=S) groups is 1. The number of rotatable bonds is 3. The molecule has 130 valence electrons. The smallest absolute Gasteiger partial charge is 0.262 e. The van der Waals surface area contributed by atoms with Crippen molar-refractivity contribution < 1.29 is 4.79 Å². The van der Waals surface area contributed by atoms with Crippen LogP contribution in [0, 0.1) is 13.8 Å². The monoisotopic (exact) mass is 393 g/mol. The number of benzene rings is 2. The average molecular weight is 394 g/mol. The molecule has 0 unspecified atom stereocenters. The second-order valence-corrected chi connectivity index (χ2v) is 6.49. The summed E-state index contributed by atoms with van der Waals surface area (Å²) in [6.45, 7) is 4.01. The van der Waals surface area contributed by atoms with Crippen LogP contribution in [0.4, 0.5) is 5.69 Å². The summed E-state index contributed by atoms with van der Waals surface area (Å²) in [4.78, 5) is 11.9. The van der Waals surface area contributed by atoms with E-state index in [9.17, 15) is 4.79 Å². The zero-order valence-corrected chi connectivity index (χ0v) is 16.0. The van der Waals surface area contributed by atoms with Crippen molar-refractivity contribution in [3.05, 3.63) is 69.2 Å². The van der Waals surface area contributed by atoms with Crippen molar-refractivity contribution in [2.45, 2.75) is 13.8 Å². The predicted molar refractivity (Wildman–Crippen MR) is 109 cm³/mol. The van der Waals surface area contributed by atoms with Crippen LogP contribution in [0.1, 0.15) is 16.7 Å². The molecule has 0 aliphatic rings. The highest BCUT2D eigenvalue weighted by molar-refractivity contribution is 7.80. The molecule has 0 aromatic heterocycles. The standard InChI is InChI=1S/C18H17Cl2N3OS/c1-11-5-3-8-15(12(11)2)21-18(25)23-22-16(24)10-9-13-6-4-7-14(19)17(13)20/h3-10H,1-2H3,(H,22,24)(H2,21,23,25)/b10-9+. The van der Waals surface area contributed by atoms with Crippen molar-refractivity contribution >= 4 is 58.2 Å². The molecule has 0 heterocycles. The van der Waals surface area contributed by atoms with Crippen LogP contribution in [-0.2, 0) is 4.79 Å². The Morgan fingerprint density at radius 1 is 1.08 bits per heavy atom. The van der Waals surface area contributed by atoms with Crippen LogP contribution in [-0.4, -0.2) is 11.0 Å². The molecule has 0 bridgehead atoms. The molecule has 0 saturated heterocycles. The summed E-state index contributed by atoms with van der Waals surface area (Å²) in [6.07, 6.45) is 2.91. The third kappa shape index (κ3) is 5.46. The predicted octanol–water partition coefficient (Wildman–Crippen LogP) is 4.64. The number of hydrogen-bond donors (Lipinski definition) is 3. The number of carbonyl (C=O) groups excluding carboxylic acids is 1. The highest BCUT2D eigenvalue weighted by Crippen LogP contribution is 2.26. The van der Waals surface area contributed by atoms with Crippen molar-refractivity contribution in [3.8, 4) is 0 Å². The number of anilines is 1. The third-order valence-corrected chi connectivity index (χ3v) is 4.59. The maximum Gasteiger partial charge on any atom is 0.262 e. The number of hydrazine groups is 1. The highest BCUT2D eigenvalue weighted by atomic mass is 35.5. The molecule has 2 aromatic rings. The van der Waals surface area contributed by atoms with Gasteiger partial charge in [-0.1, -0.05) is 47.5 Å². The molecule has 0 spiro atoms. The van der Waals surface area contributed by atoms with Crippen LogP contribution in [0.2, 0.25) is 10.0 Å². The van der Waals surface area contributed by atoms with Gasteiger partial charge < -0.3 is 5.32 Å². The topological polar surface area (TPSA) is 53.2 Å². The molecular weight excluding hydrogens is 377 g/mol. The first-order valence-electron chi connectivity index (χ1n) is 7.43. The summed E-state index contributed by atoms with van der Waals surface area (Å²) in [6, 6.07) is 11.1. The molecule has 1 amide bonds. The van der Waals surface area contributed by atoms with E-state index < -0.39 is 0 Å². The zero-order chi connectivity index (χ0) is 18.4. The summed E-state index contributed by atoms with van der Waals surface area (Å²) in [5, 5.41) is 4.16. The van der Waals surface area contributed by atoms with E-state index in [0.717, 1.165) is 16.8 Å². The summed E-state index contributed by atoms with van der Waals surface area (Å²) in [7, 11) is 0. The van der Waals surface area contributed by atoms with Gasteiger partial charge in [0.1, 0.15) is 0 Å². The van der Waals surface area contributed by atoms with Gasteiger partial charge in [-0.25, -0.2) is 0 Å². The van der Waals surface area contributed by atoms with E-state index in [2.05, 4.69) is 16.2 Å². The molecule has 4 nitrogen and oxygen atoms in total. The van der Waals surface area contributed by atoms with Crippen LogP contribution < -0.4 is 16.2 Å². The molecular formula is C18H17Cl2N3OS. The fourth-order valence-electron chi connectivity index (χ4n) is 2.01. The molecule has 3 N–H and O–H groups in total. The van der Waals surface area contributed by atoms with E-state index in [4.69, 9.17) is 35.4 Å². The van der Waals surface area contributed by atoms with Crippen LogP contribution >= 0.6 is 35.4 Å². The SMILES string of the molecule is Cc1cccc(NC(=S)NNC(=O)/C=C/c2cccc(Cl)c2Cl)c1C. The van der Waals surface area contributed by atoms with E-state index >= 15 is 0 Å².